The molecule has 1 atom stereocenters. The van der Waals surface area contributed by atoms with Crippen molar-refractivity contribution in [2.75, 3.05) is 33.3 Å². The van der Waals surface area contributed by atoms with Crippen molar-refractivity contribution < 1.29 is 17.9 Å². The van der Waals surface area contributed by atoms with Crippen molar-refractivity contribution in [2.24, 2.45) is 11.1 Å². The van der Waals surface area contributed by atoms with E-state index < -0.39 is 15.3 Å². The van der Waals surface area contributed by atoms with Crippen molar-refractivity contribution in [1.29, 1.82) is 0 Å². The number of sulfonamides is 1. The van der Waals surface area contributed by atoms with Crippen LogP contribution in [-0.2, 0) is 16.4 Å². The number of halogens is 1. The lowest BCUT2D eigenvalue weighted by Crippen LogP contribution is -2.44. The Hall–Kier alpha value is -1.35. The Balaban J connectivity index is 0.00000261. The lowest BCUT2D eigenvalue weighted by atomic mass is 9.96. The summed E-state index contributed by atoms with van der Waals surface area (Å²) in [5, 5.41) is 8.03. The van der Waals surface area contributed by atoms with Crippen LogP contribution in [0.4, 0.5) is 0 Å². The summed E-state index contributed by atoms with van der Waals surface area (Å²) >= 11 is 0. The van der Waals surface area contributed by atoms with Crippen molar-refractivity contribution in [1.82, 2.24) is 10.2 Å². The molecule has 2 aliphatic heterocycles. The Kier molecular flexibility index (Phi) is 7.50. The van der Waals surface area contributed by atoms with Crippen LogP contribution < -0.4 is 15.2 Å². The van der Waals surface area contributed by atoms with Gasteiger partial charge < -0.3 is 15.0 Å². The second-order valence-corrected chi connectivity index (χ2v) is 9.01. The van der Waals surface area contributed by atoms with Gasteiger partial charge in [0.2, 0.25) is 10.0 Å². The summed E-state index contributed by atoms with van der Waals surface area (Å²) in [5.41, 5.74) is 1.67. The molecule has 0 bridgehead atoms. The number of rotatable bonds is 5. The highest BCUT2D eigenvalue weighted by Gasteiger charge is 2.30. The molecule has 0 aliphatic carbocycles. The van der Waals surface area contributed by atoms with E-state index in [4.69, 9.17) is 9.88 Å². The number of primary sulfonamides is 1. The lowest BCUT2D eigenvalue weighted by Gasteiger charge is -2.31. The van der Waals surface area contributed by atoms with Crippen molar-refractivity contribution in [2.45, 2.75) is 30.9 Å². The maximum atomic E-state index is 12.8. The lowest BCUT2D eigenvalue weighted by molar-refractivity contribution is 0.0725. The average Bonchev–Trinajstić information content (AvgIpc) is 3.13. The van der Waals surface area contributed by atoms with Gasteiger partial charge in [0.1, 0.15) is 5.75 Å². The molecule has 1 amide bonds. The minimum atomic E-state index is -3.53. The number of nitrogens with two attached hydrogens (primary N) is 1. The molecule has 2 fully saturated rings. The molecule has 7 nitrogen and oxygen atoms in total. The predicted octanol–water partition coefficient (Wildman–Crippen LogP) is 1.16. The van der Waals surface area contributed by atoms with Crippen LogP contribution >= 0.6 is 12.4 Å². The number of piperidine rings is 1. The van der Waals surface area contributed by atoms with E-state index in [9.17, 15) is 13.2 Å². The summed E-state index contributed by atoms with van der Waals surface area (Å²) in [5.74, 6) is 1.30. The van der Waals surface area contributed by atoms with Gasteiger partial charge in [-0.05, 0) is 68.5 Å². The Bertz CT molecular complexity index is 758. The van der Waals surface area contributed by atoms with Gasteiger partial charge in [-0.2, -0.15) is 0 Å². The zero-order valence-corrected chi connectivity index (χ0v) is 17.2. The summed E-state index contributed by atoms with van der Waals surface area (Å²) in [7, 11) is -1.89. The topological polar surface area (TPSA) is 102 Å². The molecule has 0 spiro atoms. The highest BCUT2D eigenvalue weighted by atomic mass is 35.5. The van der Waals surface area contributed by atoms with Crippen molar-refractivity contribution in [3.8, 4) is 5.75 Å². The molecule has 1 aromatic rings. The standard InChI is InChI=1S/C18H27N3O4S.ClH/c1-25-17-3-2-14(11-15(17)10-13-4-7-20-12-13)18(22)21-8-5-16(6-9-21)26(19,23)24;/h2-3,11,13,16,20H,4-10,12H2,1H3,(H2,19,23,24);1H. The van der Waals surface area contributed by atoms with E-state index in [0.717, 1.165) is 37.2 Å². The number of nitrogens with zero attached hydrogens (tertiary/aromatic N) is 1. The van der Waals surface area contributed by atoms with Crippen LogP contribution in [0, 0.1) is 5.92 Å². The van der Waals surface area contributed by atoms with Gasteiger partial charge in [-0.15, -0.1) is 12.4 Å². The van der Waals surface area contributed by atoms with Crippen LogP contribution in [0.3, 0.4) is 0 Å². The average molecular weight is 418 g/mol. The maximum Gasteiger partial charge on any atom is 0.253 e. The number of likely N-dealkylation sites (tertiary alicyclic amines) is 1. The molecule has 27 heavy (non-hydrogen) atoms. The molecule has 3 N–H and O–H groups in total. The normalized spacial score (nSPS) is 21.0. The van der Waals surface area contributed by atoms with Gasteiger partial charge in [0.15, 0.2) is 0 Å². The van der Waals surface area contributed by atoms with Crippen LogP contribution in [0.15, 0.2) is 18.2 Å². The molecular formula is C18H28ClN3O4S. The molecule has 2 heterocycles. The van der Waals surface area contributed by atoms with Gasteiger partial charge in [0.25, 0.3) is 5.91 Å². The fourth-order valence-electron chi connectivity index (χ4n) is 3.84. The highest BCUT2D eigenvalue weighted by molar-refractivity contribution is 7.89. The predicted molar refractivity (Wildman–Crippen MR) is 107 cm³/mol. The van der Waals surface area contributed by atoms with E-state index in [1.165, 1.54) is 0 Å². The van der Waals surface area contributed by atoms with E-state index in [-0.39, 0.29) is 18.3 Å². The number of methoxy groups -OCH3 is 1. The molecule has 3 rings (SSSR count). The largest absolute Gasteiger partial charge is 0.496 e. The summed E-state index contributed by atoms with van der Waals surface area (Å²) in [4.78, 5) is 14.5. The van der Waals surface area contributed by atoms with Crippen LogP contribution in [-0.4, -0.2) is 57.8 Å². The van der Waals surface area contributed by atoms with E-state index in [1.807, 2.05) is 12.1 Å². The number of ether oxygens (including phenoxy) is 1. The number of hydrogen-bond acceptors (Lipinski definition) is 5. The van der Waals surface area contributed by atoms with E-state index in [1.54, 1.807) is 18.1 Å². The molecule has 0 aromatic heterocycles. The number of benzene rings is 1. The van der Waals surface area contributed by atoms with Gasteiger partial charge in [-0.25, -0.2) is 13.6 Å². The second kappa shape index (κ2) is 9.23. The maximum absolute atomic E-state index is 12.8. The fourth-order valence-corrected chi connectivity index (χ4v) is 4.71. The third kappa shape index (κ3) is 5.34. The summed E-state index contributed by atoms with van der Waals surface area (Å²) in [6.07, 6.45) is 2.79. The minimum Gasteiger partial charge on any atom is -0.496 e. The first-order valence-electron chi connectivity index (χ1n) is 9.07. The molecule has 152 valence electrons. The van der Waals surface area contributed by atoms with Gasteiger partial charge in [0, 0.05) is 18.7 Å². The third-order valence-corrected chi connectivity index (χ3v) is 6.79. The number of nitrogens with one attached hydrogen (secondary N) is 1. The molecule has 9 heteroatoms. The first-order chi connectivity index (χ1) is 12.4. The zero-order valence-electron chi connectivity index (χ0n) is 15.5. The fraction of sp³-hybridized carbons (Fsp3) is 0.611. The SMILES string of the molecule is COc1ccc(C(=O)N2CCC(S(N)(=O)=O)CC2)cc1CC1CCNC1.Cl. The van der Waals surface area contributed by atoms with E-state index in [0.29, 0.717) is 37.4 Å². The molecule has 1 unspecified atom stereocenters. The first-order valence-corrected chi connectivity index (χ1v) is 10.7. The van der Waals surface area contributed by atoms with Crippen LogP contribution in [0.5, 0.6) is 5.75 Å². The molecule has 1 aromatic carbocycles. The molecule has 0 radical (unpaired) electrons. The monoisotopic (exact) mass is 417 g/mol. The summed E-state index contributed by atoms with van der Waals surface area (Å²) < 4.78 is 28.4. The van der Waals surface area contributed by atoms with E-state index in [2.05, 4.69) is 5.32 Å². The van der Waals surface area contributed by atoms with Crippen molar-refractivity contribution in [3.05, 3.63) is 29.3 Å². The Morgan fingerprint density at radius 2 is 2.00 bits per heavy atom. The Labute approximate surface area is 167 Å². The Morgan fingerprint density at radius 1 is 1.30 bits per heavy atom. The third-order valence-electron chi connectivity index (χ3n) is 5.39. The van der Waals surface area contributed by atoms with Crippen molar-refractivity contribution >= 4 is 28.3 Å². The van der Waals surface area contributed by atoms with Crippen LogP contribution in [0.1, 0.15) is 35.2 Å². The number of carbonyl (C=O) groups excluding carboxylic acids is 1. The molecule has 2 aliphatic rings. The number of carbonyl (C=O) groups is 1. The van der Waals surface area contributed by atoms with E-state index >= 15 is 0 Å². The first kappa shape index (κ1) is 21.9. The molecule has 2 saturated heterocycles. The second-order valence-electron chi connectivity index (χ2n) is 7.17. The van der Waals surface area contributed by atoms with Crippen LogP contribution in [0.2, 0.25) is 0 Å². The summed E-state index contributed by atoms with van der Waals surface area (Å²) in [6, 6.07) is 5.55. The molecule has 0 saturated carbocycles. The van der Waals surface area contributed by atoms with Gasteiger partial charge >= 0.3 is 0 Å². The number of amides is 1. The van der Waals surface area contributed by atoms with Gasteiger partial charge in [-0.1, -0.05) is 0 Å². The van der Waals surface area contributed by atoms with Gasteiger partial charge in [0.05, 0.1) is 12.4 Å². The quantitative estimate of drug-likeness (QED) is 0.748. The molecular weight excluding hydrogens is 390 g/mol. The summed E-state index contributed by atoms with van der Waals surface area (Å²) in [6.45, 7) is 2.84. The highest BCUT2D eigenvalue weighted by Crippen LogP contribution is 2.26. The van der Waals surface area contributed by atoms with Crippen LogP contribution in [0.25, 0.3) is 0 Å². The smallest absolute Gasteiger partial charge is 0.253 e. The Morgan fingerprint density at radius 3 is 2.56 bits per heavy atom. The zero-order chi connectivity index (χ0) is 18.7. The number of hydrogen-bond donors (Lipinski definition) is 2. The minimum absolute atomic E-state index is 0. The van der Waals surface area contributed by atoms with Gasteiger partial charge in [-0.3, -0.25) is 4.79 Å². The van der Waals surface area contributed by atoms with Crippen molar-refractivity contribution in [3.63, 3.8) is 0 Å².